The number of nitrogens with zero attached hydrogens (tertiary/aromatic N) is 5. The van der Waals surface area contributed by atoms with E-state index in [4.69, 9.17) is 9.47 Å². The fourth-order valence-electron chi connectivity index (χ4n) is 3.93. The zero-order chi connectivity index (χ0) is 22.1. The number of morpholine rings is 1. The van der Waals surface area contributed by atoms with Gasteiger partial charge in [0, 0.05) is 36.9 Å². The van der Waals surface area contributed by atoms with Gasteiger partial charge >= 0.3 is 0 Å². The number of aryl methyl sites for hydroxylation is 1. The average molecular weight is 429 g/mol. The highest BCUT2D eigenvalue weighted by Gasteiger charge is 2.30. The minimum atomic E-state index is -0.387. The Hall–Kier alpha value is -3.78. The summed E-state index contributed by atoms with van der Waals surface area (Å²) in [6.07, 6.45) is 6.60. The van der Waals surface area contributed by atoms with Crippen molar-refractivity contribution in [3.63, 3.8) is 0 Å². The first-order valence-corrected chi connectivity index (χ1v) is 10.4. The molecule has 1 amide bonds. The van der Waals surface area contributed by atoms with Crippen LogP contribution in [0.2, 0.25) is 0 Å². The van der Waals surface area contributed by atoms with Gasteiger partial charge in [-0.25, -0.2) is 4.98 Å². The van der Waals surface area contributed by atoms with Crippen LogP contribution in [0, 0.1) is 6.92 Å². The van der Waals surface area contributed by atoms with Gasteiger partial charge in [-0.15, -0.1) is 0 Å². The van der Waals surface area contributed by atoms with E-state index in [1.165, 1.54) is 0 Å². The summed E-state index contributed by atoms with van der Waals surface area (Å²) >= 11 is 0. The summed E-state index contributed by atoms with van der Waals surface area (Å²) in [5.41, 5.74) is 4.57. The highest BCUT2D eigenvalue weighted by Crippen LogP contribution is 2.31. The second kappa shape index (κ2) is 8.39. The van der Waals surface area contributed by atoms with Crippen molar-refractivity contribution < 1.29 is 14.3 Å². The van der Waals surface area contributed by atoms with Crippen molar-refractivity contribution in [1.82, 2.24) is 24.3 Å². The lowest BCUT2D eigenvalue weighted by Gasteiger charge is -2.32. The Morgan fingerprint density at radius 2 is 2.06 bits per heavy atom. The third-order valence-corrected chi connectivity index (χ3v) is 5.56. The Morgan fingerprint density at radius 1 is 1.19 bits per heavy atom. The number of carbonyl (C=O) groups excluding carboxylic acids is 1. The predicted molar refractivity (Wildman–Crippen MR) is 119 cm³/mol. The number of benzene rings is 1. The van der Waals surface area contributed by atoms with Gasteiger partial charge in [-0.3, -0.25) is 14.8 Å². The molecular formula is C24H23N5O3. The first-order valence-electron chi connectivity index (χ1n) is 10.4. The highest BCUT2D eigenvalue weighted by molar-refractivity contribution is 5.93. The van der Waals surface area contributed by atoms with Crippen molar-refractivity contribution >= 4 is 11.6 Å². The molecule has 0 radical (unpaired) electrons. The Labute approximate surface area is 185 Å². The van der Waals surface area contributed by atoms with Gasteiger partial charge in [0.25, 0.3) is 5.91 Å². The zero-order valence-corrected chi connectivity index (χ0v) is 17.9. The minimum Gasteiger partial charge on any atom is -0.497 e. The van der Waals surface area contributed by atoms with Crippen LogP contribution in [0.15, 0.2) is 61.2 Å². The van der Waals surface area contributed by atoms with Gasteiger partial charge in [-0.05, 0) is 36.8 Å². The second-order valence-corrected chi connectivity index (χ2v) is 7.73. The van der Waals surface area contributed by atoms with E-state index in [1.807, 2.05) is 53.9 Å². The van der Waals surface area contributed by atoms with Crippen molar-refractivity contribution in [3.05, 3.63) is 78.1 Å². The van der Waals surface area contributed by atoms with E-state index in [1.54, 1.807) is 30.6 Å². The number of fused-ring (bicyclic) bond motifs is 1. The van der Waals surface area contributed by atoms with Crippen LogP contribution in [-0.4, -0.2) is 57.0 Å². The number of ether oxygens (including phenoxy) is 2. The molecule has 1 fully saturated rings. The van der Waals surface area contributed by atoms with Gasteiger partial charge in [-0.2, -0.15) is 0 Å². The van der Waals surface area contributed by atoms with Crippen LogP contribution in [0.1, 0.15) is 27.8 Å². The number of hydrogen-bond donors (Lipinski definition) is 0. The largest absolute Gasteiger partial charge is 0.497 e. The van der Waals surface area contributed by atoms with E-state index in [2.05, 4.69) is 15.0 Å². The van der Waals surface area contributed by atoms with E-state index in [-0.39, 0.29) is 12.0 Å². The maximum Gasteiger partial charge on any atom is 0.274 e. The average Bonchev–Trinajstić information content (AvgIpc) is 3.27. The quantitative estimate of drug-likeness (QED) is 0.495. The molecule has 0 N–H and O–H groups in total. The van der Waals surface area contributed by atoms with Crippen LogP contribution >= 0.6 is 0 Å². The second-order valence-electron chi connectivity index (χ2n) is 7.73. The number of imidazole rings is 1. The van der Waals surface area contributed by atoms with Gasteiger partial charge in [0.1, 0.15) is 23.2 Å². The molecule has 4 heterocycles. The summed E-state index contributed by atoms with van der Waals surface area (Å²) in [7, 11) is 1.63. The molecule has 0 saturated carbocycles. The first kappa shape index (κ1) is 20.1. The number of pyridine rings is 1. The fourth-order valence-corrected chi connectivity index (χ4v) is 3.93. The molecule has 0 aliphatic carbocycles. The van der Waals surface area contributed by atoms with E-state index in [0.29, 0.717) is 36.8 Å². The van der Waals surface area contributed by atoms with Crippen LogP contribution < -0.4 is 4.74 Å². The van der Waals surface area contributed by atoms with Crippen LogP contribution in [0.25, 0.3) is 16.9 Å². The Kier molecular flexibility index (Phi) is 5.28. The standard InChI is InChI=1S/C24H23N5O3/c1-16-6-9-28-14-19(27-21(28)12-16)24(30)29-10-11-32-20(15-29)23-22(25-7-8-26-23)17-4-3-5-18(13-17)31-2/h3-9,12-14,20H,10-11,15H2,1-2H3/t20-/m1/s1. The van der Waals surface area contributed by atoms with Gasteiger partial charge in [0.05, 0.1) is 31.6 Å². The summed E-state index contributed by atoms with van der Waals surface area (Å²) in [5, 5.41) is 0. The molecule has 1 aliphatic rings. The molecule has 1 aliphatic heterocycles. The van der Waals surface area contributed by atoms with Crippen LogP contribution in [0.5, 0.6) is 5.75 Å². The maximum atomic E-state index is 13.2. The van der Waals surface area contributed by atoms with Crippen LogP contribution in [0.4, 0.5) is 0 Å². The Bertz CT molecular complexity index is 1290. The minimum absolute atomic E-state index is 0.119. The SMILES string of the molecule is COc1cccc(-c2nccnc2[C@H]2CN(C(=O)c3cn4ccc(C)cc4n3)CCO2)c1. The van der Waals surface area contributed by atoms with E-state index in [0.717, 1.165) is 22.5 Å². The maximum absolute atomic E-state index is 13.2. The molecule has 162 valence electrons. The molecule has 5 rings (SSSR count). The van der Waals surface area contributed by atoms with E-state index >= 15 is 0 Å². The van der Waals surface area contributed by atoms with Crippen molar-refractivity contribution in [3.8, 4) is 17.0 Å². The molecule has 8 nitrogen and oxygen atoms in total. The molecule has 8 heteroatoms. The smallest absolute Gasteiger partial charge is 0.274 e. The molecule has 1 saturated heterocycles. The number of rotatable bonds is 4. The van der Waals surface area contributed by atoms with Crippen molar-refractivity contribution in [2.75, 3.05) is 26.8 Å². The lowest BCUT2D eigenvalue weighted by Crippen LogP contribution is -2.42. The first-order chi connectivity index (χ1) is 15.6. The number of carbonyl (C=O) groups is 1. The molecule has 0 bridgehead atoms. The summed E-state index contributed by atoms with van der Waals surface area (Å²) in [4.78, 5) is 28.6. The normalized spacial score (nSPS) is 16.3. The number of hydrogen-bond acceptors (Lipinski definition) is 6. The number of methoxy groups -OCH3 is 1. The fraction of sp³-hybridized carbons (Fsp3) is 0.250. The topological polar surface area (TPSA) is 81.9 Å². The molecule has 1 aromatic carbocycles. The summed E-state index contributed by atoms with van der Waals surface area (Å²) in [5.74, 6) is 0.619. The summed E-state index contributed by atoms with van der Waals surface area (Å²) in [6.45, 7) is 3.29. The van der Waals surface area contributed by atoms with Crippen molar-refractivity contribution in [2.45, 2.75) is 13.0 Å². The van der Waals surface area contributed by atoms with Crippen LogP contribution in [0.3, 0.4) is 0 Å². The lowest BCUT2D eigenvalue weighted by atomic mass is 10.0. The zero-order valence-electron chi connectivity index (χ0n) is 17.9. The van der Waals surface area contributed by atoms with Gasteiger partial charge in [0.15, 0.2) is 0 Å². The van der Waals surface area contributed by atoms with Gasteiger partial charge < -0.3 is 18.8 Å². The molecule has 1 atom stereocenters. The highest BCUT2D eigenvalue weighted by atomic mass is 16.5. The lowest BCUT2D eigenvalue weighted by molar-refractivity contribution is -0.0247. The molecule has 0 unspecified atom stereocenters. The molecule has 4 aromatic rings. The third kappa shape index (κ3) is 3.80. The van der Waals surface area contributed by atoms with Crippen LogP contribution in [-0.2, 0) is 4.74 Å². The van der Waals surface area contributed by atoms with E-state index in [9.17, 15) is 4.79 Å². The Morgan fingerprint density at radius 3 is 2.94 bits per heavy atom. The van der Waals surface area contributed by atoms with E-state index < -0.39 is 0 Å². The van der Waals surface area contributed by atoms with Gasteiger partial charge in [-0.1, -0.05) is 12.1 Å². The molecule has 0 spiro atoms. The summed E-state index contributed by atoms with van der Waals surface area (Å²) < 4.78 is 13.2. The van der Waals surface area contributed by atoms with Gasteiger partial charge in [0.2, 0.25) is 0 Å². The summed E-state index contributed by atoms with van der Waals surface area (Å²) in [6, 6.07) is 11.6. The molecular weight excluding hydrogens is 406 g/mol. The van der Waals surface area contributed by atoms with Crippen molar-refractivity contribution in [2.24, 2.45) is 0 Å². The molecule has 32 heavy (non-hydrogen) atoms. The number of amides is 1. The third-order valence-electron chi connectivity index (χ3n) is 5.56. The number of aromatic nitrogens is 4. The predicted octanol–water partition coefficient (Wildman–Crippen LogP) is 3.32. The molecule has 3 aromatic heterocycles. The Balaban J connectivity index is 1.42. The van der Waals surface area contributed by atoms with Crippen molar-refractivity contribution in [1.29, 1.82) is 0 Å². The monoisotopic (exact) mass is 429 g/mol.